The van der Waals surface area contributed by atoms with Gasteiger partial charge in [-0.1, -0.05) is 6.92 Å². The van der Waals surface area contributed by atoms with E-state index >= 15 is 0 Å². The zero-order chi connectivity index (χ0) is 17.8. The zero-order valence-electron chi connectivity index (χ0n) is 14.8. The maximum atomic E-state index is 12.8. The van der Waals surface area contributed by atoms with Crippen molar-refractivity contribution in [2.24, 2.45) is 11.8 Å². The average Bonchev–Trinajstić information content (AvgIpc) is 3.10. The van der Waals surface area contributed by atoms with Crippen molar-refractivity contribution in [1.82, 2.24) is 19.6 Å². The van der Waals surface area contributed by atoms with E-state index in [0.29, 0.717) is 12.5 Å². The molecule has 2 fully saturated rings. The zero-order valence-corrected chi connectivity index (χ0v) is 14.8. The lowest BCUT2D eigenvalue weighted by molar-refractivity contribution is -0.385. The molecule has 138 valence electrons. The fourth-order valence-corrected chi connectivity index (χ4v) is 3.76. The fourth-order valence-electron chi connectivity index (χ4n) is 3.76. The number of likely N-dealkylation sites (tertiary alicyclic amines) is 2. The minimum absolute atomic E-state index is 0.0195. The van der Waals surface area contributed by atoms with Gasteiger partial charge in [-0.05, 0) is 38.1 Å². The Hall–Kier alpha value is -1.96. The van der Waals surface area contributed by atoms with Gasteiger partial charge in [0.1, 0.15) is 12.4 Å². The first-order chi connectivity index (χ1) is 12.0. The molecule has 0 spiro atoms. The summed E-state index contributed by atoms with van der Waals surface area (Å²) < 4.78 is 1.61. The van der Waals surface area contributed by atoms with Gasteiger partial charge in [0.2, 0.25) is 5.91 Å². The lowest BCUT2D eigenvalue weighted by Gasteiger charge is -2.37. The van der Waals surface area contributed by atoms with Crippen molar-refractivity contribution in [3.05, 3.63) is 22.5 Å². The van der Waals surface area contributed by atoms with Crippen LogP contribution in [-0.2, 0) is 11.3 Å². The SMILES string of the molecule is CC1CCN(C(=O)[C@H]2CCCN(CCn3cc([N+](=O)[O-])cn3)C2)CC1. The Morgan fingerprint density at radius 2 is 2.04 bits per heavy atom. The normalized spacial score (nSPS) is 22.9. The molecule has 1 aromatic heterocycles. The molecule has 0 saturated carbocycles. The number of carbonyl (C=O) groups is 1. The van der Waals surface area contributed by atoms with E-state index in [1.807, 2.05) is 4.90 Å². The molecule has 3 rings (SSSR count). The summed E-state index contributed by atoms with van der Waals surface area (Å²) in [5, 5.41) is 14.7. The van der Waals surface area contributed by atoms with Crippen LogP contribution < -0.4 is 0 Å². The number of rotatable bonds is 5. The minimum Gasteiger partial charge on any atom is -0.342 e. The van der Waals surface area contributed by atoms with Crippen molar-refractivity contribution >= 4 is 11.6 Å². The maximum Gasteiger partial charge on any atom is 0.306 e. The number of nitro groups is 1. The number of piperidine rings is 2. The highest BCUT2D eigenvalue weighted by Crippen LogP contribution is 2.23. The summed E-state index contributed by atoms with van der Waals surface area (Å²) in [7, 11) is 0. The van der Waals surface area contributed by atoms with Crippen molar-refractivity contribution in [2.75, 3.05) is 32.7 Å². The summed E-state index contributed by atoms with van der Waals surface area (Å²) in [5.74, 6) is 1.13. The predicted octanol–water partition coefficient (Wildman–Crippen LogP) is 1.76. The first-order valence-corrected chi connectivity index (χ1v) is 9.21. The van der Waals surface area contributed by atoms with Crippen molar-refractivity contribution in [3.8, 4) is 0 Å². The van der Waals surface area contributed by atoms with E-state index in [9.17, 15) is 14.9 Å². The monoisotopic (exact) mass is 349 g/mol. The highest BCUT2D eigenvalue weighted by atomic mass is 16.6. The second kappa shape index (κ2) is 7.95. The van der Waals surface area contributed by atoms with E-state index < -0.39 is 4.92 Å². The standard InChI is InChI=1S/C17H27N5O3/c1-14-4-7-20(8-5-14)17(23)15-3-2-6-19(12-15)9-10-21-13-16(11-18-21)22(24)25/h11,13-15H,2-10,12H2,1H3/t15-/m0/s1. The van der Waals surface area contributed by atoms with E-state index in [2.05, 4.69) is 16.9 Å². The molecule has 3 heterocycles. The summed E-state index contributed by atoms with van der Waals surface area (Å²) in [5.41, 5.74) is 0.0195. The molecular formula is C17H27N5O3. The highest BCUT2D eigenvalue weighted by Gasteiger charge is 2.30. The highest BCUT2D eigenvalue weighted by molar-refractivity contribution is 5.79. The summed E-state index contributed by atoms with van der Waals surface area (Å²) in [4.78, 5) is 27.4. The summed E-state index contributed by atoms with van der Waals surface area (Å²) >= 11 is 0. The van der Waals surface area contributed by atoms with Gasteiger partial charge in [-0.3, -0.25) is 19.6 Å². The number of aromatic nitrogens is 2. The molecule has 1 aromatic rings. The van der Waals surface area contributed by atoms with Crippen molar-refractivity contribution in [3.63, 3.8) is 0 Å². The van der Waals surface area contributed by atoms with E-state index in [4.69, 9.17) is 0 Å². The maximum absolute atomic E-state index is 12.8. The Morgan fingerprint density at radius 3 is 2.72 bits per heavy atom. The molecule has 1 atom stereocenters. The van der Waals surface area contributed by atoms with Gasteiger partial charge >= 0.3 is 5.69 Å². The third-order valence-corrected chi connectivity index (χ3v) is 5.43. The Morgan fingerprint density at radius 1 is 1.28 bits per heavy atom. The molecule has 8 heteroatoms. The van der Waals surface area contributed by atoms with Gasteiger partial charge in [0, 0.05) is 26.2 Å². The van der Waals surface area contributed by atoms with Gasteiger partial charge in [0.05, 0.1) is 17.4 Å². The largest absolute Gasteiger partial charge is 0.342 e. The van der Waals surface area contributed by atoms with Crippen LogP contribution in [0.4, 0.5) is 5.69 Å². The van der Waals surface area contributed by atoms with Crippen LogP contribution in [0.15, 0.2) is 12.4 Å². The second-order valence-corrected chi connectivity index (χ2v) is 7.37. The molecule has 1 amide bonds. The molecule has 2 aliphatic rings. The van der Waals surface area contributed by atoms with Gasteiger partial charge < -0.3 is 9.80 Å². The van der Waals surface area contributed by atoms with Gasteiger partial charge in [-0.25, -0.2) is 0 Å². The van der Waals surface area contributed by atoms with Crippen LogP contribution in [0.2, 0.25) is 0 Å². The lowest BCUT2D eigenvalue weighted by Crippen LogP contribution is -2.47. The van der Waals surface area contributed by atoms with Crippen molar-refractivity contribution < 1.29 is 9.72 Å². The molecule has 25 heavy (non-hydrogen) atoms. The third-order valence-electron chi connectivity index (χ3n) is 5.43. The van der Waals surface area contributed by atoms with E-state index in [1.54, 1.807) is 4.68 Å². The van der Waals surface area contributed by atoms with Crippen LogP contribution in [0.25, 0.3) is 0 Å². The predicted molar refractivity (Wildman–Crippen MR) is 93.0 cm³/mol. The van der Waals surface area contributed by atoms with Crippen molar-refractivity contribution in [2.45, 2.75) is 39.2 Å². The topological polar surface area (TPSA) is 84.5 Å². The smallest absolute Gasteiger partial charge is 0.306 e. The van der Waals surface area contributed by atoms with E-state index in [-0.39, 0.29) is 11.6 Å². The second-order valence-electron chi connectivity index (χ2n) is 7.37. The quantitative estimate of drug-likeness (QED) is 0.597. The summed E-state index contributed by atoms with van der Waals surface area (Å²) in [6.07, 6.45) is 6.95. The number of amides is 1. The molecule has 0 radical (unpaired) electrons. The molecule has 0 unspecified atom stereocenters. The van der Waals surface area contributed by atoms with Crippen LogP contribution in [0.3, 0.4) is 0 Å². The molecule has 0 bridgehead atoms. The summed E-state index contributed by atoms with van der Waals surface area (Å²) in [6, 6.07) is 0. The molecule has 0 N–H and O–H groups in total. The van der Waals surface area contributed by atoms with E-state index in [0.717, 1.165) is 64.3 Å². The molecule has 0 aliphatic carbocycles. The van der Waals surface area contributed by atoms with Crippen LogP contribution in [-0.4, -0.2) is 63.1 Å². The third kappa shape index (κ3) is 4.56. The van der Waals surface area contributed by atoms with Gasteiger partial charge in [0.25, 0.3) is 0 Å². The van der Waals surface area contributed by atoms with Crippen LogP contribution in [0.1, 0.15) is 32.6 Å². The first kappa shape index (κ1) is 17.8. The lowest BCUT2D eigenvalue weighted by atomic mass is 9.93. The molecular weight excluding hydrogens is 322 g/mol. The van der Waals surface area contributed by atoms with E-state index in [1.165, 1.54) is 12.4 Å². The van der Waals surface area contributed by atoms with Crippen LogP contribution in [0, 0.1) is 22.0 Å². The Bertz CT molecular complexity index is 609. The van der Waals surface area contributed by atoms with Gasteiger partial charge in [0.15, 0.2) is 0 Å². The van der Waals surface area contributed by atoms with Crippen molar-refractivity contribution in [1.29, 1.82) is 0 Å². The number of carbonyl (C=O) groups excluding carboxylic acids is 1. The molecule has 0 aromatic carbocycles. The molecule has 8 nitrogen and oxygen atoms in total. The Kier molecular flexibility index (Phi) is 5.67. The Balaban J connectivity index is 1.48. The van der Waals surface area contributed by atoms with Gasteiger partial charge in [-0.2, -0.15) is 5.10 Å². The van der Waals surface area contributed by atoms with Crippen LogP contribution >= 0.6 is 0 Å². The minimum atomic E-state index is -0.432. The number of hydrogen-bond acceptors (Lipinski definition) is 5. The Labute approximate surface area is 147 Å². The van der Waals surface area contributed by atoms with Gasteiger partial charge in [-0.15, -0.1) is 0 Å². The summed E-state index contributed by atoms with van der Waals surface area (Å²) in [6.45, 7) is 7.18. The number of hydrogen-bond donors (Lipinski definition) is 0. The molecule has 2 aliphatic heterocycles. The molecule has 2 saturated heterocycles. The number of nitrogens with zero attached hydrogens (tertiary/aromatic N) is 5. The first-order valence-electron chi connectivity index (χ1n) is 9.21. The average molecular weight is 349 g/mol. The fraction of sp³-hybridized carbons (Fsp3) is 0.765. The van der Waals surface area contributed by atoms with Crippen LogP contribution in [0.5, 0.6) is 0 Å².